The minimum Gasteiger partial charge on any atom is -0.458 e. The Kier molecular flexibility index (Phi) is 4.85. The average molecular weight is 323 g/mol. The summed E-state index contributed by atoms with van der Waals surface area (Å²) >= 11 is 0. The molecule has 122 valence electrons. The average Bonchev–Trinajstić information content (AvgIpc) is 2.61. The van der Waals surface area contributed by atoms with Crippen LogP contribution in [0.5, 0.6) is 0 Å². The van der Waals surface area contributed by atoms with E-state index in [4.69, 9.17) is 4.74 Å². The van der Waals surface area contributed by atoms with E-state index in [1.807, 2.05) is 37.3 Å². The maximum atomic E-state index is 12.9. The summed E-state index contributed by atoms with van der Waals surface area (Å²) in [5, 5.41) is 1.02. The number of rotatable bonds is 5. The van der Waals surface area contributed by atoms with Gasteiger partial charge in [-0.2, -0.15) is 0 Å². The van der Waals surface area contributed by atoms with E-state index in [9.17, 15) is 9.18 Å². The number of nitrogens with zero attached hydrogens (tertiary/aromatic N) is 1. The molecule has 0 saturated heterocycles. The molecule has 2 aromatic carbocycles. The number of carbonyl (C=O) groups excluding carboxylic acids is 1. The van der Waals surface area contributed by atoms with Crippen LogP contribution in [0.1, 0.15) is 30.6 Å². The fourth-order valence-electron chi connectivity index (χ4n) is 2.53. The van der Waals surface area contributed by atoms with Crippen LogP contribution in [0.4, 0.5) is 4.39 Å². The van der Waals surface area contributed by atoms with Gasteiger partial charge in [0.15, 0.2) is 0 Å². The van der Waals surface area contributed by atoms with E-state index < -0.39 is 0 Å². The van der Waals surface area contributed by atoms with Crippen LogP contribution >= 0.6 is 0 Å². The van der Waals surface area contributed by atoms with Crippen LogP contribution in [0.3, 0.4) is 0 Å². The number of carbonyl (C=O) groups is 1. The molecule has 1 unspecified atom stereocenters. The van der Waals surface area contributed by atoms with Crippen molar-refractivity contribution in [1.29, 1.82) is 0 Å². The Morgan fingerprint density at radius 1 is 1.17 bits per heavy atom. The molecule has 0 saturated carbocycles. The normalized spacial score (nSPS) is 12.1. The SMILES string of the molecule is CC(OC(=O)CCc1ccc(F)cc1)c1cnc2ccccc2c1. The monoisotopic (exact) mass is 323 g/mol. The minimum absolute atomic E-state index is 0.261. The van der Waals surface area contributed by atoms with Gasteiger partial charge in [0.1, 0.15) is 11.9 Å². The molecule has 0 N–H and O–H groups in total. The molecule has 3 aromatic rings. The van der Waals surface area contributed by atoms with Gasteiger partial charge in [0.25, 0.3) is 0 Å². The first-order chi connectivity index (χ1) is 11.6. The van der Waals surface area contributed by atoms with Gasteiger partial charge in [0.05, 0.1) is 5.52 Å². The fourth-order valence-corrected chi connectivity index (χ4v) is 2.53. The van der Waals surface area contributed by atoms with Gasteiger partial charge in [-0.25, -0.2) is 4.39 Å². The predicted molar refractivity (Wildman–Crippen MR) is 91.0 cm³/mol. The summed E-state index contributed by atoms with van der Waals surface area (Å²) in [5.41, 5.74) is 2.69. The number of para-hydroxylation sites is 1. The first-order valence-corrected chi connectivity index (χ1v) is 7.90. The molecule has 3 nitrogen and oxygen atoms in total. The quantitative estimate of drug-likeness (QED) is 0.644. The highest BCUT2D eigenvalue weighted by Crippen LogP contribution is 2.21. The molecule has 24 heavy (non-hydrogen) atoms. The van der Waals surface area contributed by atoms with E-state index in [1.54, 1.807) is 18.3 Å². The zero-order valence-electron chi connectivity index (χ0n) is 13.4. The predicted octanol–water partition coefficient (Wildman–Crippen LogP) is 4.61. The molecule has 0 aliphatic rings. The second-order valence-electron chi connectivity index (χ2n) is 5.72. The van der Waals surface area contributed by atoms with Crippen LogP contribution in [0, 0.1) is 5.82 Å². The Morgan fingerprint density at radius 3 is 2.71 bits per heavy atom. The van der Waals surface area contributed by atoms with Crippen LogP contribution in [0.25, 0.3) is 10.9 Å². The van der Waals surface area contributed by atoms with E-state index >= 15 is 0 Å². The molecule has 1 atom stereocenters. The van der Waals surface area contributed by atoms with E-state index in [-0.39, 0.29) is 24.3 Å². The number of halogens is 1. The molecule has 0 spiro atoms. The zero-order chi connectivity index (χ0) is 16.9. The molecule has 1 aromatic heterocycles. The second-order valence-corrected chi connectivity index (χ2v) is 5.72. The first kappa shape index (κ1) is 16.1. The van der Waals surface area contributed by atoms with Gasteiger partial charge >= 0.3 is 5.97 Å². The van der Waals surface area contributed by atoms with Crippen molar-refractivity contribution < 1.29 is 13.9 Å². The third-order valence-corrected chi connectivity index (χ3v) is 3.92. The van der Waals surface area contributed by atoms with Crippen molar-refractivity contribution in [3.63, 3.8) is 0 Å². The van der Waals surface area contributed by atoms with Crippen molar-refractivity contribution in [3.8, 4) is 0 Å². The smallest absolute Gasteiger partial charge is 0.306 e. The highest BCUT2D eigenvalue weighted by atomic mass is 19.1. The Hall–Kier alpha value is -2.75. The molecule has 1 heterocycles. The van der Waals surface area contributed by atoms with E-state index in [1.165, 1.54) is 12.1 Å². The van der Waals surface area contributed by atoms with Gasteiger partial charge in [-0.3, -0.25) is 9.78 Å². The van der Waals surface area contributed by atoms with Crippen LogP contribution < -0.4 is 0 Å². The number of hydrogen-bond acceptors (Lipinski definition) is 3. The number of benzene rings is 2. The summed E-state index contributed by atoms with van der Waals surface area (Å²) in [5.74, 6) is -0.557. The fraction of sp³-hybridized carbons (Fsp3) is 0.200. The summed E-state index contributed by atoms with van der Waals surface area (Å²) in [7, 11) is 0. The third kappa shape index (κ3) is 3.96. The van der Waals surface area contributed by atoms with Gasteiger partial charge in [-0.15, -0.1) is 0 Å². The van der Waals surface area contributed by atoms with Gasteiger partial charge in [-0.1, -0.05) is 30.3 Å². The molecule has 0 fully saturated rings. The number of hydrogen-bond donors (Lipinski definition) is 0. The lowest BCUT2D eigenvalue weighted by molar-refractivity contribution is -0.148. The molecule has 0 radical (unpaired) electrons. The summed E-state index contributed by atoms with van der Waals surface area (Å²) < 4.78 is 18.3. The van der Waals surface area contributed by atoms with Gasteiger partial charge in [0, 0.05) is 23.6 Å². The minimum atomic E-state index is -0.358. The van der Waals surface area contributed by atoms with E-state index in [2.05, 4.69) is 4.98 Å². The number of aromatic nitrogens is 1. The number of fused-ring (bicyclic) bond motifs is 1. The van der Waals surface area contributed by atoms with Crippen LogP contribution in [-0.2, 0) is 16.0 Å². The maximum absolute atomic E-state index is 12.9. The summed E-state index contributed by atoms with van der Waals surface area (Å²) in [6, 6.07) is 15.9. The third-order valence-electron chi connectivity index (χ3n) is 3.92. The molecular weight excluding hydrogens is 305 g/mol. The molecule has 3 rings (SSSR count). The van der Waals surface area contributed by atoms with Crippen LogP contribution in [-0.4, -0.2) is 11.0 Å². The van der Waals surface area contributed by atoms with E-state index in [0.717, 1.165) is 22.0 Å². The number of pyridine rings is 1. The van der Waals surface area contributed by atoms with Gasteiger partial charge in [0.2, 0.25) is 0 Å². The molecule has 4 heteroatoms. The maximum Gasteiger partial charge on any atom is 0.306 e. The molecule has 0 amide bonds. The lowest BCUT2D eigenvalue weighted by atomic mass is 10.1. The zero-order valence-corrected chi connectivity index (χ0v) is 13.4. The first-order valence-electron chi connectivity index (χ1n) is 7.90. The van der Waals surface area contributed by atoms with Crippen LogP contribution in [0.2, 0.25) is 0 Å². The Morgan fingerprint density at radius 2 is 1.92 bits per heavy atom. The van der Waals surface area contributed by atoms with Gasteiger partial charge in [-0.05, 0) is 43.2 Å². The molecular formula is C20H18FNO2. The van der Waals surface area contributed by atoms with Crippen molar-refractivity contribution in [3.05, 3.63) is 77.7 Å². The van der Waals surface area contributed by atoms with Crippen LogP contribution in [0.15, 0.2) is 60.8 Å². The topological polar surface area (TPSA) is 39.2 Å². The summed E-state index contributed by atoms with van der Waals surface area (Å²) in [6.07, 6.45) is 2.17. The Balaban J connectivity index is 1.59. The Labute approximate surface area is 140 Å². The van der Waals surface area contributed by atoms with Crippen molar-refractivity contribution in [2.24, 2.45) is 0 Å². The standard InChI is InChI=1S/C20H18FNO2/c1-14(17-12-16-4-2-3-5-19(16)22-13-17)24-20(23)11-8-15-6-9-18(21)10-7-15/h2-7,9-10,12-14H,8,11H2,1H3. The highest BCUT2D eigenvalue weighted by molar-refractivity contribution is 5.79. The molecule has 0 aliphatic carbocycles. The van der Waals surface area contributed by atoms with Crippen molar-refractivity contribution in [2.75, 3.05) is 0 Å². The lowest BCUT2D eigenvalue weighted by Gasteiger charge is -2.14. The van der Waals surface area contributed by atoms with Crippen molar-refractivity contribution >= 4 is 16.9 Å². The molecule has 0 bridgehead atoms. The van der Waals surface area contributed by atoms with Gasteiger partial charge < -0.3 is 4.74 Å². The number of ether oxygens (including phenoxy) is 1. The van der Waals surface area contributed by atoms with Crippen molar-refractivity contribution in [1.82, 2.24) is 4.98 Å². The van der Waals surface area contributed by atoms with E-state index in [0.29, 0.717) is 6.42 Å². The number of esters is 1. The lowest BCUT2D eigenvalue weighted by Crippen LogP contribution is -2.10. The summed E-state index contributed by atoms with van der Waals surface area (Å²) in [4.78, 5) is 16.4. The summed E-state index contributed by atoms with van der Waals surface area (Å²) in [6.45, 7) is 1.83. The largest absolute Gasteiger partial charge is 0.458 e. The second kappa shape index (κ2) is 7.21. The molecule has 0 aliphatic heterocycles. The Bertz CT molecular complexity index is 846. The van der Waals surface area contributed by atoms with Crippen molar-refractivity contribution in [2.45, 2.75) is 25.9 Å². The highest BCUT2D eigenvalue weighted by Gasteiger charge is 2.13. The number of aryl methyl sites for hydroxylation is 1.